The van der Waals surface area contributed by atoms with Crippen molar-refractivity contribution in [3.63, 3.8) is 0 Å². The predicted octanol–water partition coefficient (Wildman–Crippen LogP) is 4.91. The van der Waals surface area contributed by atoms with Gasteiger partial charge in [0, 0.05) is 23.6 Å². The summed E-state index contributed by atoms with van der Waals surface area (Å²) in [6.45, 7) is 4.07. The molecule has 3 aromatic carbocycles. The summed E-state index contributed by atoms with van der Waals surface area (Å²) in [5.41, 5.74) is 3.01. The van der Waals surface area contributed by atoms with Crippen LogP contribution in [0, 0.1) is 19.7 Å². The number of aryl methyl sites for hydroxylation is 2. The minimum atomic E-state index is -3.76. The molecular formula is C24H25FN2O3S2. The number of anilines is 1. The smallest absolute Gasteiger partial charge is 0.261 e. The zero-order chi connectivity index (χ0) is 23.1. The number of carbonyl (C=O) groups is 1. The van der Waals surface area contributed by atoms with Gasteiger partial charge in [-0.15, -0.1) is 0 Å². The molecule has 0 unspecified atom stereocenters. The summed E-state index contributed by atoms with van der Waals surface area (Å²) in [4.78, 5) is 12.7. The highest BCUT2D eigenvalue weighted by molar-refractivity contribution is 7.98. The Morgan fingerprint density at radius 3 is 2.44 bits per heavy atom. The van der Waals surface area contributed by atoms with Gasteiger partial charge < -0.3 is 5.32 Å². The molecule has 0 radical (unpaired) electrons. The highest BCUT2D eigenvalue weighted by Crippen LogP contribution is 2.22. The topological polar surface area (TPSA) is 75.3 Å². The van der Waals surface area contributed by atoms with Gasteiger partial charge in [-0.3, -0.25) is 9.52 Å². The minimum absolute atomic E-state index is 0.157. The first-order chi connectivity index (χ1) is 15.3. The third-order valence-electron chi connectivity index (χ3n) is 4.82. The van der Waals surface area contributed by atoms with E-state index in [0.717, 1.165) is 5.56 Å². The van der Waals surface area contributed by atoms with Gasteiger partial charge in [-0.05, 0) is 55.3 Å². The molecule has 0 saturated heterocycles. The number of hydrogen-bond donors (Lipinski definition) is 2. The third kappa shape index (κ3) is 6.34. The summed E-state index contributed by atoms with van der Waals surface area (Å²) in [5.74, 6) is 0.619. The maximum Gasteiger partial charge on any atom is 0.261 e. The predicted molar refractivity (Wildman–Crippen MR) is 128 cm³/mol. The summed E-state index contributed by atoms with van der Waals surface area (Å²) in [6, 6.07) is 18.1. The van der Waals surface area contributed by atoms with Crippen molar-refractivity contribution in [1.29, 1.82) is 0 Å². The van der Waals surface area contributed by atoms with E-state index in [2.05, 4.69) is 10.0 Å². The normalized spacial score (nSPS) is 11.2. The molecule has 168 valence electrons. The molecule has 0 aliphatic heterocycles. The van der Waals surface area contributed by atoms with Crippen molar-refractivity contribution >= 4 is 33.4 Å². The van der Waals surface area contributed by atoms with Crippen LogP contribution in [0.3, 0.4) is 0 Å². The van der Waals surface area contributed by atoms with Gasteiger partial charge in [0.1, 0.15) is 5.82 Å². The van der Waals surface area contributed by atoms with Crippen molar-refractivity contribution in [2.75, 3.05) is 17.0 Å². The maximum absolute atomic E-state index is 13.6. The minimum Gasteiger partial charge on any atom is -0.351 e. The summed E-state index contributed by atoms with van der Waals surface area (Å²) < 4.78 is 41.6. The van der Waals surface area contributed by atoms with E-state index < -0.39 is 10.0 Å². The van der Waals surface area contributed by atoms with Crippen LogP contribution in [-0.4, -0.2) is 26.6 Å². The van der Waals surface area contributed by atoms with Gasteiger partial charge in [0.2, 0.25) is 0 Å². The van der Waals surface area contributed by atoms with Gasteiger partial charge in [-0.2, -0.15) is 11.8 Å². The van der Waals surface area contributed by atoms with Crippen LogP contribution in [-0.2, 0) is 15.8 Å². The second kappa shape index (κ2) is 10.7. The summed E-state index contributed by atoms with van der Waals surface area (Å²) in [6.07, 6.45) is 0. The van der Waals surface area contributed by atoms with Gasteiger partial charge in [-0.25, -0.2) is 12.8 Å². The average Bonchev–Trinajstić information content (AvgIpc) is 2.76. The molecule has 3 aromatic rings. The van der Waals surface area contributed by atoms with E-state index in [1.165, 1.54) is 23.9 Å². The fourth-order valence-electron chi connectivity index (χ4n) is 2.93. The number of nitrogens with one attached hydrogen (secondary N) is 2. The Kier molecular flexibility index (Phi) is 7.93. The molecule has 0 spiro atoms. The third-order valence-corrected chi connectivity index (χ3v) is 7.21. The zero-order valence-corrected chi connectivity index (χ0v) is 19.5. The first-order valence-corrected chi connectivity index (χ1v) is 12.7. The first kappa shape index (κ1) is 23.8. The van der Waals surface area contributed by atoms with Crippen molar-refractivity contribution in [2.24, 2.45) is 0 Å². The summed E-state index contributed by atoms with van der Waals surface area (Å²) in [7, 11) is -3.76. The van der Waals surface area contributed by atoms with E-state index in [1.54, 1.807) is 61.5 Å². The lowest BCUT2D eigenvalue weighted by atomic mass is 10.1. The Morgan fingerprint density at radius 1 is 1.00 bits per heavy atom. The molecule has 5 nitrogen and oxygen atoms in total. The number of sulfonamides is 1. The first-order valence-electron chi connectivity index (χ1n) is 10.1. The summed E-state index contributed by atoms with van der Waals surface area (Å²) >= 11 is 1.52. The van der Waals surface area contributed by atoms with E-state index in [9.17, 15) is 17.6 Å². The largest absolute Gasteiger partial charge is 0.351 e. The molecule has 2 N–H and O–H groups in total. The fourth-order valence-corrected chi connectivity index (χ4v) is 4.90. The molecule has 32 heavy (non-hydrogen) atoms. The molecule has 0 aromatic heterocycles. The second-order valence-electron chi connectivity index (χ2n) is 7.35. The Hall–Kier alpha value is -2.84. The number of carbonyl (C=O) groups excluding carboxylic acids is 1. The van der Waals surface area contributed by atoms with Crippen molar-refractivity contribution in [3.05, 3.63) is 94.8 Å². The monoisotopic (exact) mass is 472 g/mol. The van der Waals surface area contributed by atoms with Crippen LogP contribution < -0.4 is 10.0 Å². The Morgan fingerprint density at radius 2 is 1.72 bits per heavy atom. The van der Waals surface area contributed by atoms with Gasteiger partial charge in [0.15, 0.2) is 0 Å². The Bertz CT molecular complexity index is 1200. The van der Waals surface area contributed by atoms with Crippen LogP contribution in [0.15, 0.2) is 71.6 Å². The quantitative estimate of drug-likeness (QED) is 0.434. The lowest BCUT2D eigenvalue weighted by molar-refractivity contribution is 0.0956. The molecule has 0 atom stereocenters. The van der Waals surface area contributed by atoms with E-state index >= 15 is 0 Å². The van der Waals surface area contributed by atoms with Gasteiger partial charge >= 0.3 is 0 Å². The van der Waals surface area contributed by atoms with Gasteiger partial charge in [-0.1, -0.05) is 42.0 Å². The van der Waals surface area contributed by atoms with E-state index in [4.69, 9.17) is 0 Å². The lowest BCUT2D eigenvalue weighted by Crippen LogP contribution is -2.26. The van der Waals surface area contributed by atoms with E-state index in [-0.39, 0.29) is 16.6 Å². The molecule has 1 amide bonds. The van der Waals surface area contributed by atoms with Crippen molar-refractivity contribution in [2.45, 2.75) is 24.5 Å². The second-order valence-corrected chi connectivity index (χ2v) is 10.1. The number of amides is 1. The van der Waals surface area contributed by atoms with Crippen LogP contribution in [0.5, 0.6) is 0 Å². The molecule has 8 heteroatoms. The average molecular weight is 473 g/mol. The van der Waals surface area contributed by atoms with E-state index in [1.807, 2.05) is 6.92 Å². The molecule has 3 rings (SSSR count). The molecule has 0 bridgehead atoms. The molecule has 0 aliphatic rings. The summed E-state index contributed by atoms with van der Waals surface area (Å²) in [5, 5.41) is 2.82. The zero-order valence-electron chi connectivity index (χ0n) is 17.9. The molecule has 0 fully saturated rings. The van der Waals surface area contributed by atoms with Crippen LogP contribution in [0.25, 0.3) is 0 Å². The van der Waals surface area contributed by atoms with Gasteiger partial charge in [0.25, 0.3) is 15.9 Å². The van der Waals surface area contributed by atoms with Crippen molar-refractivity contribution in [3.8, 4) is 0 Å². The number of rotatable bonds is 9. The van der Waals surface area contributed by atoms with Crippen molar-refractivity contribution in [1.82, 2.24) is 5.32 Å². The Balaban J connectivity index is 1.57. The highest BCUT2D eigenvalue weighted by atomic mass is 32.2. The maximum atomic E-state index is 13.6. The molecule has 0 saturated carbocycles. The standard InChI is InChI=1S/C24H25FN2O3S2/c1-17-7-11-21(12-8-17)32(29,30)27-23-15-19(10-9-18(23)2)24(28)26-13-14-31-16-20-5-3-4-6-22(20)25/h3-12,15,27H,13-14,16H2,1-2H3,(H,26,28). The number of benzene rings is 3. The highest BCUT2D eigenvalue weighted by Gasteiger charge is 2.16. The molecular weight excluding hydrogens is 447 g/mol. The van der Waals surface area contributed by atoms with Crippen LogP contribution in [0.1, 0.15) is 27.0 Å². The van der Waals surface area contributed by atoms with Crippen LogP contribution in [0.4, 0.5) is 10.1 Å². The van der Waals surface area contributed by atoms with Crippen molar-refractivity contribution < 1.29 is 17.6 Å². The Labute approximate surface area is 192 Å². The SMILES string of the molecule is Cc1ccc(S(=O)(=O)Nc2cc(C(=O)NCCSCc3ccccc3F)ccc2C)cc1. The molecule has 0 aliphatic carbocycles. The number of halogens is 1. The molecule has 0 heterocycles. The van der Waals surface area contributed by atoms with Crippen LogP contribution >= 0.6 is 11.8 Å². The van der Waals surface area contributed by atoms with E-state index in [0.29, 0.717) is 40.4 Å². The lowest BCUT2D eigenvalue weighted by Gasteiger charge is -2.13. The number of hydrogen-bond acceptors (Lipinski definition) is 4. The number of thioether (sulfide) groups is 1. The van der Waals surface area contributed by atoms with Crippen LogP contribution in [0.2, 0.25) is 0 Å². The van der Waals surface area contributed by atoms with Gasteiger partial charge in [0.05, 0.1) is 10.6 Å². The fraction of sp³-hybridized carbons (Fsp3) is 0.208.